The zero-order chi connectivity index (χ0) is 22.0. The van der Waals surface area contributed by atoms with Gasteiger partial charge in [-0.3, -0.25) is 14.7 Å². The van der Waals surface area contributed by atoms with Gasteiger partial charge in [0, 0.05) is 16.3 Å². The van der Waals surface area contributed by atoms with Crippen LogP contribution in [-0.2, 0) is 6.61 Å². The standard InChI is InChI=1S/C23H22ClN3O3S/c1-14-13-31-23(25-14)27(19-8-6-18(24)7-9-19)22(28)17-4-10-20(11-5-17)29-12-21-15(2)26-30-16(21)3/h4-11,14H,12-13H2,1-3H3. The quantitative estimate of drug-likeness (QED) is 0.496. The molecule has 1 aliphatic heterocycles. The number of aryl methyl sites for hydroxylation is 2. The number of hydrogen-bond donors (Lipinski definition) is 0. The van der Waals surface area contributed by atoms with Gasteiger partial charge in [0.2, 0.25) is 0 Å². The molecule has 1 amide bonds. The van der Waals surface area contributed by atoms with Gasteiger partial charge in [0.1, 0.15) is 18.1 Å². The fraction of sp³-hybridized carbons (Fsp3) is 0.261. The molecule has 0 saturated carbocycles. The van der Waals surface area contributed by atoms with Crippen molar-refractivity contribution in [3.05, 3.63) is 76.1 Å². The highest BCUT2D eigenvalue weighted by atomic mass is 35.5. The second kappa shape index (κ2) is 9.16. The van der Waals surface area contributed by atoms with Crippen LogP contribution in [0.1, 0.15) is 34.3 Å². The summed E-state index contributed by atoms with van der Waals surface area (Å²) in [6.07, 6.45) is 0. The number of benzene rings is 2. The molecule has 0 aliphatic carbocycles. The van der Waals surface area contributed by atoms with E-state index in [4.69, 9.17) is 20.9 Å². The van der Waals surface area contributed by atoms with E-state index in [2.05, 4.69) is 10.1 Å². The maximum absolute atomic E-state index is 13.4. The molecule has 1 unspecified atom stereocenters. The summed E-state index contributed by atoms with van der Waals surface area (Å²) in [5, 5.41) is 5.24. The molecule has 0 saturated heterocycles. The minimum Gasteiger partial charge on any atom is -0.489 e. The molecule has 1 aromatic heterocycles. The molecule has 0 radical (unpaired) electrons. The van der Waals surface area contributed by atoms with Crippen molar-refractivity contribution in [3.63, 3.8) is 0 Å². The number of amidine groups is 1. The Morgan fingerprint density at radius 2 is 1.90 bits per heavy atom. The summed E-state index contributed by atoms with van der Waals surface area (Å²) in [4.78, 5) is 19.7. The van der Waals surface area contributed by atoms with Gasteiger partial charge in [-0.15, -0.1) is 0 Å². The highest BCUT2D eigenvalue weighted by Gasteiger charge is 2.27. The maximum atomic E-state index is 13.4. The molecule has 0 spiro atoms. The molecular formula is C23H22ClN3O3S. The predicted octanol–water partition coefficient (Wildman–Crippen LogP) is 5.66. The number of ether oxygens (including phenoxy) is 1. The molecule has 0 N–H and O–H groups in total. The van der Waals surface area contributed by atoms with Crippen molar-refractivity contribution in [3.8, 4) is 5.75 Å². The zero-order valence-electron chi connectivity index (χ0n) is 17.5. The number of carbonyl (C=O) groups is 1. The third kappa shape index (κ3) is 4.78. The summed E-state index contributed by atoms with van der Waals surface area (Å²) in [7, 11) is 0. The molecule has 31 heavy (non-hydrogen) atoms. The first-order valence-corrected chi connectivity index (χ1v) is 11.2. The number of aromatic nitrogens is 1. The van der Waals surface area contributed by atoms with Crippen LogP contribution in [0.5, 0.6) is 5.75 Å². The fourth-order valence-corrected chi connectivity index (χ4v) is 4.33. The Morgan fingerprint density at radius 1 is 1.19 bits per heavy atom. The lowest BCUT2D eigenvalue weighted by Crippen LogP contribution is -2.34. The Bertz CT molecular complexity index is 1090. The Kier molecular flexibility index (Phi) is 6.34. The molecule has 160 valence electrons. The van der Waals surface area contributed by atoms with Crippen LogP contribution >= 0.6 is 23.4 Å². The van der Waals surface area contributed by atoms with Gasteiger partial charge in [-0.25, -0.2) is 0 Å². The van der Waals surface area contributed by atoms with E-state index in [1.807, 2.05) is 32.9 Å². The molecule has 6 nitrogen and oxygen atoms in total. The number of halogens is 1. The van der Waals surface area contributed by atoms with Crippen LogP contribution in [0.2, 0.25) is 5.02 Å². The number of aliphatic imine (C=N–C) groups is 1. The maximum Gasteiger partial charge on any atom is 0.264 e. The third-order valence-corrected chi connectivity index (χ3v) is 6.38. The molecule has 4 rings (SSSR count). The van der Waals surface area contributed by atoms with E-state index in [1.165, 1.54) is 0 Å². The summed E-state index contributed by atoms with van der Waals surface area (Å²) in [6, 6.07) is 14.5. The summed E-state index contributed by atoms with van der Waals surface area (Å²) >= 11 is 7.61. The van der Waals surface area contributed by atoms with E-state index in [1.54, 1.807) is 53.1 Å². The second-order valence-corrected chi connectivity index (χ2v) is 8.73. The first-order chi connectivity index (χ1) is 14.9. The highest BCUT2D eigenvalue weighted by Crippen LogP contribution is 2.29. The highest BCUT2D eigenvalue weighted by molar-refractivity contribution is 8.14. The zero-order valence-corrected chi connectivity index (χ0v) is 19.0. The van der Waals surface area contributed by atoms with Crippen LogP contribution in [0, 0.1) is 13.8 Å². The van der Waals surface area contributed by atoms with E-state index in [-0.39, 0.29) is 11.9 Å². The summed E-state index contributed by atoms with van der Waals surface area (Å²) in [5.41, 5.74) is 3.02. The number of nitrogens with zero attached hydrogens (tertiary/aromatic N) is 3. The molecule has 2 heterocycles. The lowest BCUT2D eigenvalue weighted by atomic mass is 10.1. The number of hydrogen-bond acceptors (Lipinski definition) is 6. The van der Waals surface area contributed by atoms with Gasteiger partial charge in [-0.1, -0.05) is 28.5 Å². The van der Waals surface area contributed by atoms with Crippen molar-refractivity contribution in [2.24, 2.45) is 4.99 Å². The van der Waals surface area contributed by atoms with Crippen molar-refractivity contribution in [1.29, 1.82) is 0 Å². The molecule has 0 bridgehead atoms. The lowest BCUT2D eigenvalue weighted by molar-refractivity contribution is 0.100. The minimum atomic E-state index is -0.153. The number of anilines is 1. The van der Waals surface area contributed by atoms with Crippen molar-refractivity contribution in [2.45, 2.75) is 33.4 Å². The van der Waals surface area contributed by atoms with Gasteiger partial charge in [-0.2, -0.15) is 0 Å². The fourth-order valence-electron chi connectivity index (χ4n) is 3.17. The van der Waals surface area contributed by atoms with E-state index in [0.29, 0.717) is 28.1 Å². The molecule has 1 atom stereocenters. The SMILES string of the molecule is Cc1noc(C)c1COc1ccc(C(=O)N(C2=NC(C)CS2)c2ccc(Cl)cc2)cc1. The normalized spacial score (nSPS) is 15.6. The predicted molar refractivity (Wildman–Crippen MR) is 124 cm³/mol. The van der Waals surface area contributed by atoms with E-state index >= 15 is 0 Å². The van der Waals surface area contributed by atoms with Crippen molar-refractivity contribution in [2.75, 3.05) is 10.7 Å². The molecule has 0 fully saturated rings. The molecule has 2 aromatic carbocycles. The van der Waals surface area contributed by atoms with Gasteiger partial charge in [-0.05, 0) is 69.3 Å². The van der Waals surface area contributed by atoms with Crippen LogP contribution < -0.4 is 9.64 Å². The summed E-state index contributed by atoms with van der Waals surface area (Å²) < 4.78 is 11.0. The molecule has 3 aromatic rings. The molecular weight excluding hydrogens is 434 g/mol. The topological polar surface area (TPSA) is 67.9 Å². The molecule has 1 aliphatic rings. The first kappa shape index (κ1) is 21.5. The van der Waals surface area contributed by atoms with Crippen LogP contribution in [0.15, 0.2) is 58.0 Å². The first-order valence-electron chi connectivity index (χ1n) is 9.87. The van der Waals surface area contributed by atoms with Crippen LogP contribution in [0.25, 0.3) is 0 Å². The third-order valence-electron chi connectivity index (χ3n) is 4.93. The monoisotopic (exact) mass is 455 g/mol. The van der Waals surface area contributed by atoms with Crippen molar-refractivity contribution < 1.29 is 14.1 Å². The van der Waals surface area contributed by atoms with Gasteiger partial charge < -0.3 is 9.26 Å². The van der Waals surface area contributed by atoms with Gasteiger partial charge in [0.25, 0.3) is 5.91 Å². The average Bonchev–Trinajstić information content (AvgIpc) is 3.33. The Labute approximate surface area is 190 Å². The summed E-state index contributed by atoms with van der Waals surface area (Å²) in [6.45, 7) is 6.13. The Morgan fingerprint density at radius 3 is 2.48 bits per heavy atom. The Balaban J connectivity index is 1.54. The van der Waals surface area contributed by atoms with Crippen LogP contribution in [0.4, 0.5) is 5.69 Å². The van der Waals surface area contributed by atoms with E-state index in [0.717, 1.165) is 28.5 Å². The Hall–Kier alpha value is -2.77. The van der Waals surface area contributed by atoms with Gasteiger partial charge in [0.15, 0.2) is 5.17 Å². The largest absolute Gasteiger partial charge is 0.489 e. The van der Waals surface area contributed by atoms with Crippen LogP contribution in [-0.4, -0.2) is 28.0 Å². The van der Waals surface area contributed by atoms with Crippen molar-refractivity contribution in [1.82, 2.24) is 5.16 Å². The molecule has 8 heteroatoms. The number of amides is 1. The minimum absolute atomic E-state index is 0.153. The van der Waals surface area contributed by atoms with Crippen LogP contribution in [0.3, 0.4) is 0 Å². The van der Waals surface area contributed by atoms with Gasteiger partial charge >= 0.3 is 0 Å². The second-order valence-electron chi connectivity index (χ2n) is 7.30. The smallest absolute Gasteiger partial charge is 0.264 e. The number of thioether (sulfide) groups is 1. The van der Waals surface area contributed by atoms with Gasteiger partial charge in [0.05, 0.1) is 23.0 Å². The van der Waals surface area contributed by atoms with E-state index in [9.17, 15) is 4.79 Å². The summed E-state index contributed by atoms with van der Waals surface area (Å²) in [5.74, 6) is 2.10. The average molecular weight is 456 g/mol. The number of rotatable bonds is 5. The lowest BCUT2D eigenvalue weighted by Gasteiger charge is -2.22. The number of carbonyl (C=O) groups excluding carboxylic acids is 1. The van der Waals surface area contributed by atoms with E-state index < -0.39 is 0 Å². The van der Waals surface area contributed by atoms with Crippen molar-refractivity contribution >= 4 is 40.1 Å².